The molecule has 0 bridgehead atoms. The minimum atomic E-state index is 0.112. The van der Waals surface area contributed by atoms with Crippen LogP contribution in [-0.2, 0) is 4.79 Å². The van der Waals surface area contributed by atoms with Crippen LogP contribution in [0.2, 0.25) is 0 Å². The number of hydrogen-bond acceptors (Lipinski definition) is 3. The highest BCUT2D eigenvalue weighted by Crippen LogP contribution is 1.84. The third-order valence-corrected chi connectivity index (χ3v) is 1.41. The Morgan fingerprint density at radius 3 is 2.27 bits per heavy atom. The highest BCUT2D eigenvalue weighted by molar-refractivity contribution is 5.77. The van der Waals surface area contributed by atoms with E-state index in [2.05, 4.69) is 0 Å². The number of carbonyl (C=O) groups is 1. The van der Waals surface area contributed by atoms with Crippen LogP contribution in [-0.4, -0.2) is 56.5 Å². The lowest BCUT2D eigenvalue weighted by Gasteiger charge is -2.17. The van der Waals surface area contributed by atoms with Crippen LogP contribution in [0.4, 0.5) is 0 Å². The monoisotopic (exact) mass is 159 g/mol. The van der Waals surface area contributed by atoms with Gasteiger partial charge >= 0.3 is 0 Å². The van der Waals surface area contributed by atoms with Gasteiger partial charge in [0, 0.05) is 27.2 Å². The second-order valence-corrected chi connectivity index (χ2v) is 2.81. The number of nitrogens with zero attached hydrogens (tertiary/aromatic N) is 2. The van der Waals surface area contributed by atoms with Gasteiger partial charge in [-0.05, 0) is 7.05 Å². The topological polar surface area (TPSA) is 49.6 Å². The largest absolute Gasteiger partial charge is 0.348 e. The summed E-state index contributed by atoms with van der Waals surface area (Å²) in [6, 6.07) is 0. The zero-order valence-electron chi connectivity index (χ0n) is 7.50. The Morgan fingerprint density at radius 2 is 1.91 bits per heavy atom. The predicted molar refractivity (Wildman–Crippen MR) is 45.2 cm³/mol. The van der Waals surface area contributed by atoms with Crippen LogP contribution >= 0.6 is 0 Å². The standard InChI is InChI=1S/C7H17N3O/c1-9(2)7(11)6-10(3)5-4-8/h4-6,8H2,1-3H3. The molecule has 4 nitrogen and oxygen atoms in total. The van der Waals surface area contributed by atoms with Crippen molar-refractivity contribution in [1.82, 2.24) is 9.80 Å². The predicted octanol–water partition coefficient (Wildman–Crippen LogP) is -1.03. The molecular weight excluding hydrogens is 142 g/mol. The molecular formula is C7H17N3O. The van der Waals surface area contributed by atoms with E-state index in [9.17, 15) is 4.79 Å². The van der Waals surface area contributed by atoms with Gasteiger partial charge < -0.3 is 10.6 Å². The van der Waals surface area contributed by atoms with Crippen LogP contribution in [0, 0.1) is 0 Å². The van der Waals surface area contributed by atoms with Gasteiger partial charge in [-0.1, -0.05) is 0 Å². The summed E-state index contributed by atoms with van der Waals surface area (Å²) >= 11 is 0. The molecule has 0 rings (SSSR count). The van der Waals surface area contributed by atoms with Gasteiger partial charge in [-0.3, -0.25) is 9.69 Å². The minimum Gasteiger partial charge on any atom is -0.348 e. The Bertz CT molecular complexity index is 125. The van der Waals surface area contributed by atoms with Crippen LogP contribution in [0.5, 0.6) is 0 Å². The Hall–Kier alpha value is -0.610. The number of hydrogen-bond donors (Lipinski definition) is 1. The van der Waals surface area contributed by atoms with E-state index < -0.39 is 0 Å². The average Bonchev–Trinajstić information content (AvgIpc) is 1.87. The molecule has 0 atom stereocenters. The first-order chi connectivity index (χ1) is 5.07. The van der Waals surface area contributed by atoms with Crippen molar-refractivity contribution in [3.63, 3.8) is 0 Å². The fourth-order valence-electron chi connectivity index (χ4n) is 0.672. The molecule has 0 aromatic carbocycles. The van der Waals surface area contributed by atoms with Gasteiger partial charge in [0.1, 0.15) is 0 Å². The van der Waals surface area contributed by atoms with Gasteiger partial charge in [0.2, 0.25) is 5.91 Å². The van der Waals surface area contributed by atoms with Crippen molar-refractivity contribution in [2.24, 2.45) is 5.73 Å². The summed E-state index contributed by atoms with van der Waals surface area (Å²) in [7, 11) is 5.38. The summed E-state index contributed by atoms with van der Waals surface area (Å²) in [4.78, 5) is 14.6. The zero-order chi connectivity index (χ0) is 8.85. The van der Waals surface area contributed by atoms with Crippen LogP contribution in [0.1, 0.15) is 0 Å². The summed E-state index contributed by atoms with van der Waals surface area (Å²) < 4.78 is 0. The molecule has 0 aromatic heterocycles. The van der Waals surface area contributed by atoms with Crippen molar-refractivity contribution in [2.75, 3.05) is 40.8 Å². The van der Waals surface area contributed by atoms with Crippen molar-refractivity contribution in [2.45, 2.75) is 0 Å². The van der Waals surface area contributed by atoms with Gasteiger partial charge in [0.05, 0.1) is 6.54 Å². The number of amides is 1. The molecule has 0 saturated carbocycles. The lowest BCUT2D eigenvalue weighted by atomic mass is 10.4. The fourth-order valence-corrected chi connectivity index (χ4v) is 0.672. The second-order valence-electron chi connectivity index (χ2n) is 2.81. The summed E-state index contributed by atoms with van der Waals surface area (Å²) in [6.07, 6.45) is 0. The van der Waals surface area contributed by atoms with Crippen molar-refractivity contribution in [3.05, 3.63) is 0 Å². The van der Waals surface area contributed by atoms with E-state index in [4.69, 9.17) is 5.73 Å². The maximum absolute atomic E-state index is 11.1. The van der Waals surface area contributed by atoms with E-state index in [1.165, 1.54) is 0 Å². The first kappa shape index (κ1) is 10.4. The van der Waals surface area contributed by atoms with E-state index in [1.54, 1.807) is 19.0 Å². The smallest absolute Gasteiger partial charge is 0.236 e. The summed E-state index contributed by atoms with van der Waals surface area (Å²) in [5, 5.41) is 0. The van der Waals surface area contributed by atoms with Crippen molar-refractivity contribution in [3.8, 4) is 0 Å². The highest BCUT2D eigenvalue weighted by atomic mass is 16.2. The molecule has 0 heterocycles. The molecule has 0 aliphatic heterocycles. The van der Waals surface area contributed by atoms with Crippen molar-refractivity contribution >= 4 is 5.91 Å². The van der Waals surface area contributed by atoms with Gasteiger partial charge in [-0.25, -0.2) is 0 Å². The Balaban J connectivity index is 3.57. The van der Waals surface area contributed by atoms with E-state index >= 15 is 0 Å². The number of nitrogens with two attached hydrogens (primary N) is 1. The number of likely N-dealkylation sites (N-methyl/N-ethyl adjacent to an activating group) is 2. The minimum absolute atomic E-state index is 0.112. The molecule has 0 fully saturated rings. The first-order valence-electron chi connectivity index (χ1n) is 3.66. The summed E-state index contributed by atoms with van der Waals surface area (Å²) in [6.45, 7) is 1.81. The number of carbonyl (C=O) groups excluding carboxylic acids is 1. The average molecular weight is 159 g/mol. The van der Waals surface area contributed by atoms with E-state index in [1.807, 2.05) is 11.9 Å². The lowest BCUT2D eigenvalue weighted by molar-refractivity contribution is -0.129. The molecule has 0 aromatic rings. The molecule has 0 saturated heterocycles. The molecule has 0 radical (unpaired) electrons. The highest BCUT2D eigenvalue weighted by Gasteiger charge is 2.06. The van der Waals surface area contributed by atoms with E-state index in [0.717, 1.165) is 6.54 Å². The molecule has 0 aliphatic carbocycles. The maximum atomic E-state index is 11.1. The molecule has 0 spiro atoms. The molecule has 0 unspecified atom stereocenters. The summed E-state index contributed by atoms with van der Waals surface area (Å²) in [5.41, 5.74) is 5.31. The normalized spacial score (nSPS) is 10.3. The molecule has 66 valence electrons. The maximum Gasteiger partial charge on any atom is 0.236 e. The summed E-state index contributed by atoms with van der Waals surface area (Å²) in [5.74, 6) is 0.112. The Kier molecular flexibility index (Phi) is 4.81. The Morgan fingerprint density at radius 1 is 1.36 bits per heavy atom. The first-order valence-corrected chi connectivity index (χ1v) is 3.66. The third-order valence-electron chi connectivity index (χ3n) is 1.41. The molecule has 1 amide bonds. The van der Waals surface area contributed by atoms with Gasteiger partial charge in [-0.2, -0.15) is 0 Å². The van der Waals surface area contributed by atoms with Crippen LogP contribution in [0.15, 0.2) is 0 Å². The molecule has 4 heteroatoms. The lowest BCUT2D eigenvalue weighted by Crippen LogP contribution is -2.36. The third kappa shape index (κ3) is 4.75. The van der Waals surface area contributed by atoms with Crippen LogP contribution in [0.25, 0.3) is 0 Å². The number of rotatable bonds is 4. The quantitative estimate of drug-likeness (QED) is 0.570. The van der Waals surface area contributed by atoms with E-state index in [-0.39, 0.29) is 5.91 Å². The molecule has 11 heavy (non-hydrogen) atoms. The second kappa shape index (κ2) is 5.09. The molecule has 0 aliphatic rings. The van der Waals surface area contributed by atoms with E-state index in [0.29, 0.717) is 13.1 Å². The van der Waals surface area contributed by atoms with Crippen LogP contribution < -0.4 is 5.73 Å². The van der Waals surface area contributed by atoms with Gasteiger partial charge in [0.15, 0.2) is 0 Å². The van der Waals surface area contributed by atoms with Crippen LogP contribution in [0.3, 0.4) is 0 Å². The molecule has 2 N–H and O–H groups in total. The SMILES string of the molecule is CN(CCN)CC(=O)N(C)C. The fraction of sp³-hybridized carbons (Fsp3) is 0.857. The van der Waals surface area contributed by atoms with Crippen molar-refractivity contribution in [1.29, 1.82) is 0 Å². The zero-order valence-corrected chi connectivity index (χ0v) is 7.50. The van der Waals surface area contributed by atoms with Gasteiger partial charge in [0.25, 0.3) is 0 Å². The van der Waals surface area contributed by atoms with Crippen molar-refractivity contribution < 1.29 is 4.79 Å². The van der Waals surface area contributed by atoms with Gasteiger partial charge in [-0.15, -0.1) is 0 Å². The Labute approximate surface area is 67.9 Å².